The number of aromatic nitrogens is 2. The molecule has 7 nitrogen and oxygen atoms in total. The van der Waals surface area contributed by atoms with Gasteiger partial charge < -0.3 is 4.90 Å². The van der Waals surface area contributed by atoms with E-state index in [0.717, 1.165) is 25.7 Å². The van der Waals surface area contributed by atoms with E-state index in [-0.39, 0.29) is 22.9 Å². The molecule has 1 aliphatic heterocycles. The van der Waals surface area contributed by atoms with Crippen molar-refractivity contribution in [2.45, 2.75) is 25.7 Å². The molecule has 4 rings (SSSR count). The molecule has 150 valence electrons. The van der Waals surface area contributed by atoms with Gasteiger partial charge in [0.15, 0.2) is 0 Å². The van der Waals surface area contributed by atoms with Crippen molar-refractivity contribution in [1.82, 2.24) is 14.3 Å². The third kappa shape index (κ3) is 3.71. The summed E-state index contributed by atoms with van der Waals surface area (Å²) in [6.45, 7) is 1.41. The lowest BCUT2D eigenvalue weighted by Crippen LogP contribution is -2.31. The van der Waals surface area contributed by atoms with Crippen LogP contribution in [0.1, 0.15) is 52.1 Å². The van der Waals surface area contributed by atoms with Gasteiger partial charge in [-0.15, -0.1) is 0 Å². The van der Waals surface area contributed by atoms with Crippen molar-refractivity contribution in [3.8, 4) is 0 Å². The zero-order chi connectivity index (χ0) is 20.4. The number of nitrogens with one attached hydrogen (secondary N) is 1. The molecule has 2 N–H and O–H groups in total. The number of fused-ring (bicyclic) bond motifs is 1. The monoisotopic (exact) mass is 396 g/mol. The Balaban J connectivity index is 1.66. The molecule has 0 spiro atoms. The number of hydrogen-bond acceptors (Lipinski definition) is 5. The number of halogens is 1. The lowest BCUT2D eigenvalue weighted by atomic mass is 10.0. The zero-order valence-electron chi connectivity index (χ0n) is 15.8. The summed E-state index contributed by atoms with van der Waals surface area (Å²) < 4.78 is 15.0. The fourth-order valence-electron chi connectivity index (χ4n) is 3.68. The summed E-state index contributed by atoms with van der Waals surface area (Å²) in [6, 6.07) is 7.26. The Kier molecular flexibility index (Phi) is 5.26. The highest BCUT2D eigenvalue weighted by atomic mass is 19.1. The number of carbonyl (C=O) groups is 2. The number of rotatable bonds is 4. The molecule has 1 fully saturated rings. The van der Waals surface area contributed by atoms with Gasteiger partial charge in [0.05, 0.1) is 11.9 Å². The Morgan fingerprint density at radius 1 is 1.07 bits per heavy atom. The van der Waals surface area contributed by atoms with Gasteiger partial charge in [0.25, 0.3) is 5.91 Å². The molecule has 29 heavy (non-hydrogen) atoms. The number of anilines is 1. The van der Waals surface area contributed by atoms with E-state index in [1.807, 2.05) is 5.48 Å². The third-order valence-electron chi connectivity index (χ3n) is 5.23. The van der Waals surface area contributed by atoms with Gasteiger partial charge in [0.2, 0.25) is 5.78 Å². The molecule has 0 bridgehead atoms. The quantitative estimate of drug-likeness (QED) is 0.520. The number of hydrogen-bond donors (Lipinski definition) is 2. The molecule has 0 atom stereocenters. The van der Waals surface area contributed by atoms with Crippen LogP contribution >= 0.6 is 0 Å². The maximum atomic E-state index is 13.6. The summed E-state index contributed by atoms with van der Waals surface area (Å²) in [6.07, 6.45) is 6.70. The van der Waals surface area contributed by atoms with Crippen LogP contribution < -0.4 is 5.48 Å². The van der Waals surface area contributed by atoms with E-state index in [4.69, 9.17) is 0 Å². The first-order valence-corrected chi connectivity index (χ1v) is 9.59. The van der Waals surface area contributed by atoms with Crippen molar-refractivity contribution in [2.75, 3.05) is 18.6 Å². The second-order valence-electron chi connectivity index (χ2n) is 7.13. The van der Waals surface area contributed by atoms with Gasteiger partial charge in [0.1, 0.15) is 17.2 Å². The molecular weight excluding hydrogens is 375 g/mol. The van der Waals surface area contributed by atoms with Crippen molar-refractivity contribution in [1.29, 1.82) is 0 Å². The van der Waals surface area contributed by atoms with Crippen LogP contribution in [0.25, 0.3) is 5.65 Å². The fourth-order valence-corrected chi connectivity index (χ4v) is 3.68. The molecule has 1 saturated heterocycles. The minimum atomic E-state index is -0.497. The van der Waals surface area contributed by atoms with Crippen LogP contribution in [-0.2, 0) is 0 Å². The van der Waals surface area contributed by atoms with Crippen LogP contribution in [-0.4, -0.2) is 44.3 Å². The first kappa shape index (κ1) is 19.1. The van der Waals surface area contributed by atoms with Crippen molar-refractivity contribution in [3.05, 3.63) is 65.4 Å². The van der Waals surface area contributed by atoms with Gasteiger partial charge in [-0.05, 0) is 43.2 Å². The molecule has 1 aromatic carbocycles. The van der Waals surface area contributed by atoms with Crippen molar-refractivity contribution >= 4 is 23.0 Å². The summed E-state index contributed by atoms with van der Waals surface area (Å²) in [5, 5.41) is 9.57. The smallest absolute Gasteiger partial charge is 0.253 e. The zero-order valence-corrected chi connectivity index (χ0v) is 15.8. The van der Waals surface area contributed by atoms with E-state index in [0.29, 0.717) is 24.3 Å². The standard InChI is InChI=1S/C21H21FN4O3/c22-15-6-8-19-23-12-18(26(19)13-15)20(27)16-7-5-14(11-17(16)24-29)21(28)25-9-3-1-2-4-10-25/h5-8,11-13,24,29H,1-4,9-10H2. The number of ketones is 1. The van der Waals surface area contributed by atoms with Crippen LogP contribution in [0.5, 0.6) is 0 Å². The largest absolute Gasteiger partial charge is 0.339 e. The molecule has 3 aromatic rings. The van der Waals surface area contributed by atoms with Crippen molar-refractivity contribution < 1.29 is 19.2 Å². The number of likely N-dealkylation sites (tertiary alicyclic amines) is 1. The van der Waals surface area contributed by atoms with Gasteiger partial charge in [-0.2, -0.15) is 0 Å². The molecule has 0 unspecified atom stereocenters. The van der Waals surface area contributed by atoms with E-state index >= 15 is 0 Å². The second kappa shape index (κ2) is 8.00. The number of carbonyl (C=O) groups excluding carboxylic acids is 2. The van der Waals surface area contributed by atoms with Gasteiger partial charge in [0, 0.05) is 30.4 Å². The summed E-state index contributed by atoms with van der Waals surface area (Å²) in [7, 11) is 0. The van der Waals surface area contributed by atoms with Crippen LogP contribution in [0, 0.1) is 5.82 Å². The molecule has 1 amide bonds. The minimum absolute atomic E-state index is 0.113. The molecular formula is C21H21FN4O3. The summed E-state index contributed by atoms with van der Waals surface area (Å²) in [5.41, 5.74) is 3.26. The topological polar surface area (TPSA) is 86.9 Å². The fraction of sp³-hybridized carbons (Fsp3) is 0.286. The summed E-state index contributed by atoms with van der Waals surface area (Å²) >= 11 is 0. The van der Waals surface area contributed by atoms with Crippen LogP contribution in [0.15, 0.2) is 42.7 Å². The van der Waals surface area contributed by atoms with Gasteiger partial charge in [-0.1, -0.05) is 12.8 Å². The number of amides is 1. The van der Waals surface area contributed by atoms with Crippen LogP contribution in [0.2, 0.25) is 0 Å². The molecule has 3 heterocycles. The van der Waals surface area contributed by atoms with E-state index in [1.54, 1.807) is 11.0 Å². The van der Waals surface area contributed by atoms with Crippen LogP contribution in [0.4, 0.5) is 10.1 Å². The average molecular weight is 396 g/mol. The van der Waals surface area contributed by atoms with Crippen molar-refractivity contribution in [2.24, 2.45) is 0 Å². The first-order valence-electron chi connectivity index (χ1n) is 9.59. The Hall–Kier alpha value is -3.26. The van der Waals surface area contributed by atoms with E-state index < -0.39 is 11.6 Å². The molecule has 1 aliphatic rings. The SMILES string of the molecule is O=C(c1ccc(C(=O)N2CCCCCC2)cc1NO)c1cnc2ccc(F)cn12. The highest BCUT2D eigenvalue weighted by molar-refractivity contribution is 6.12. The van der Waals surface area contributed by atoms with Crippen molar-refractivity contribution in [3.63, 3.8) is 0 Å². The van der Waals surface area contributed by atoms with E-state index in [1.165, 1.54) is 41.1 Å². The summed E-state index contributed by atoms with van der Waals surface area (Å²) in [5.74, 6) is -1.07. The number of benzene rings is 1. The highest BCUT2D eigenvalue weighted by Gasteiger charge is 2.22. The lowest BCUT2D eigenvalue weighted by Gasteiger charge is -2.21. The number of imidazole rings is 1. The Bertz CT molecular complexity index is 1070. The predicted octanol–water partition coefficient (Wildman–Crippen LogP) is 3.52. The second-order valence-corrected chi connectivity index (χ2v) is 7.13. The lowest BCUT2D eigenvalue weighted by molar-refractivity contribution is 0.0761. The van der Waals surface area contributed by atoms with Crippen LogP contribution in [0.3, 0.4) is 0 Å². The number of nitrogens with zero attached hydrogens (tertiary/aromatic N) is 3. The molecule has 0 saturated carbocycles. The molecule has 0 radical (unpaired) electrons. The molecule has 8 heteroatoms. The van der Waals surface area contributed by atoms with Gasteiger partial charge in [-0.25, -0.2) is 9.37 Å². The Morgan fingerprint density at radius 3 is 2.55 bits per heavy atom. The maximum absolute atomic E-state index is 13.6. The first-order chi connectivity index (χ1) is 14.1. The molecule has 2 aromatic heterocycles. The average Bonchev–Trinajstić information content (AvgIpc) is 2.96. The minimum Gasteiger partial charge on any atom is -0.339 e. The Labute approximate surface area is 166 Å². The summed E-state index contributed by atoms with van der Waals surface area (Å²) in [4.78, 5) is 31.7. The normalized spacial score (nSPS) is 14.6. The predicted molar refractivity (Wildman–Crippen MR) is 105 cm³/mol. The highest BCUT2D eigenvalue weighted by Crippen LogP contribution is 2.23. The van der Waals surface area contributed by atoms with Gasteiger partial charge >= 0.3 is 0 Å². The number of pyridine rings is 1. The van der Waals surface area contributed by atoms with E-state index in [9.17, 15) is 19.2 Å². The van der Waals surface area contributed by atoms with E-state index in [2.05, 4.69) is 4.98 Å². The molecule has 0 aliphatic carbocycles. The Morgan fingerprint density at radius 2 is 1.83 bits per heavy atom. The third-order valence-corrected chi connectivity index (χ3v) is 5.23. The van der Waals surface area contributed by atoms with Gasteiger partial charge in [-0.3, -0.25) is 24.7 Å². The maximum Gasteiger partial charge on any atom is 0.253 e.